The van der Waals surface area contributed by atoms with Crippen LogP contribution in [0.3, 0.4) is 0 Å². The molecule has 0 unspecified atom stereocenters. The van der Waals surface area contributed by atoms with Crippen molar-refractivity contribution >= 4 is 24.3 Å². The first-order valence-corrected chi connectivity index (χ1v) is 4.35. The molecular weight excluding hydrogens is 224 g/mol. The van der Waals surface area contributed by atoms with E-state index < -0.39 is 12.0 Å². The van der Waals surface area contributed by atoms with Crippen LogP contribution in [0.25, 0.3) is 0 Å². The molecule has 15 heavy (non-hydrogen) atoms. The monoisotopic (exact) mass is 238 g/mol. The van der Waals surface area contributed by atoms with E-state index in [9.17, 15) is 9.59 Å². The van der Waals surface area contributed by atoms with Gasteiger partial charge in [-0.25, -0.2) is 4.79 Å². The number of ether oxygens (including phenoxy) is 2. The molecule has 0 bridgehead atoms. The molecule has 1 atom stereocenters. The van der Waals surface area contributed by atoms with Crippen LogP contribution in [0.15, 0.2) is 0 Å². The van der Waals surface area contributed by atoms with Crippen molar-refractivity contribution in [2.24, 2.45) is 5.73 Å². The number of nitrogens with two attached hydrogens (primary N) is 1. The van der Waals surface area contributed by atoms with E-state index >= 15 is 0 Å². The van der Waals surface area contributed by atoms with E-state index in [1.807, 2.05) is 0 Å². The van der Waals surface area contributed by atoms with Crippen LogP contribution in [0.1, 0.15) is 0 Å². The zero-order valence-corrected chi connectivity index (χ0v) is 9.29. The summed E-state index contributed by atoms with van der Waals surface area (Å²) in [6.45, 7) is 0.890. The van der Waals surface area contributed by atoms with Gasteiger partial charge in [0.25, 0.3) is 0 Å². The Hall–Kier alpha value is -0.850. The van der Waals surface area contributed by atoms with Gasteiger partial charge >= 0.3 is 5.97 Å². The molecule has 1 aliphatic heterocycles. The van der Waals surface area contributed by atoms with Crippen molar-refractivity contribution in [3.63, 3.8) is 0 Å². The molecule has 1 rings (SSSR count). The molecular formula is C8H15ClN2O4. The molecule has 0 aromatic rings. The summed E-state index contributed by atoms with van der Waals surface area (Å²) in [6, 6.07) is -0.648. The van der Waals surface area contributed by atoms with Crippen LogP contribution in [-0.2, 0) is 19.1 Å². The molecule has 0 aliphatic carbocycles. The van der Waals surface area contributed by atoms with Gasteiger partial charge in [0.2, 0.25) is 5.91 Å². The number of methoxy groups -OCH3 is 1. The first-order valence-electron chi connectivity index (χ1n) is 4.35. The molecule has 0 saturated carbocycles. The molecule has 0 spiro atoms. The molecule has 0 radical (unpaired) electrons. The van der Waals surface area contributed by atoms with Crippen molar-refractivity contribution in [1.82, 2.24) is 4.90 Å². The van der Waals surface area contributed by atoms with Crippen molar-refractivity contribution < 1.29 is 19.1 Å². The number of halogens is 1. The molecule has 6 nitrogen and oxygen atoms in total. The third-order valence-corrected chi connectivity index (χ3v) is 2.10. The maximum absolute atomic E-state index is 11.3. The minimum Gasteiger partial charge on any atom is -0.467 e. The number of hydrogen-bond acceptors (Lipinski definition) is 5. The van der Waals surface area contributed by atoms with Gasteiger partial charge in [-0.05, 0) is 0 Å². The highest BCUT2D eigenvalue weighted by Gasteiger charge is 2.32. The maximum atomic E-state index is 11.3. The summed E-state index contributed by atoms with van der Waals surface area (Å²) >= 11 is 0. The lowest BCUT2D eigenvalue weighted by atomic mass is 10.2. The van der Waals surface area contributed by atoms with Crippen LogP contribution in [0.4, 0.5) is 0 Å². The predicted octanol–water partition coefficient (Wildman–Crippen LogP) is -1.23. The molecule has 1 aliphatic rings. The molecule has 1 saturated heterocycles. The minimum atomic E-state index is -0.648. The normalized spacial score (nSPS) is 20.4. The number of rotatable bonds is 2. The quantitative estimate of drug-likeness (QED) is 0.609. The Bertz CT molecular complexity index is 213. The largest absolute Gasteiger partial charge is 0.467 e. The van der Waals surface area contributed by atoms with E-state index in [0.29, 0.717) is 13.2 Å². The van der Waals surface area contributed by atoms with Crippen molar-refractivity contribution in [1.29, 1.82) is 0 Å². The third kappa shape index (κ3) is 3.33. The predicted molar refractivity (Wildman–Crippen MR) is 54.6 cm³/mol. The fraction of sp³-hybridized carbons (Fsp3) is 0.750. The van der Waals surface area contributed by atoms with Gasteiger partial charge in [0.15, 0.2) is 6.04 Å². The number of nitrogens with zero attached hydrogens (tertiary/aromatic N) is 1. The SMILES string of the molecule is COC(=O)[C@@H]1COCCN1C(=O)CN.Cl. The van der Waals surface area contributed by atoms with E-state index in [1.165, 1.54) is 12.0 Å². The second-order valence-electron chi connectivity index (χ2n) is 2.91. The van der Waals surface area contributed by atoms with Crippen LogP contribution in [0.5, 0.6) is 0 Å². The summed E-state index contributed by atoms with van der Waals surface area (Å²) in [4.78, 5) is 24.0. The maximum Gasteiger partial charge on any atom is 0.331 e. The number of carbonyl (C=O) groups is 2. The van der Waals surface area contributed by atoms with Gasteiger partial charge in [0.1, 0.15) is 0 Å². The highest BCUT2D eigenvalue weighted by Crippen LogP contribution is 2.08. The van der Waals surface area contributed by atoms with E-state index in [2.05, 4.69) is 4.74 Å². The van der Waals surface area contributed by atoms with Crippen molar-refractivity contribution in [2.75, 3.05) is 33.4 Å². The Morgan fingerprint density at radius 2 is 2.27 bits per heavy atom. The van der Waals surface area contributed by atoms with Crippen molar-refractivity contribution in [3.05, 3.63) is 0 Å². The lowest BCUT2D eigenvalue weighted by Gasteiger charge is -2.33. The smallest absolute Gasteiger partial charge is 0.331 e. The van der Waals surface area contributed by atoms with Crippen LogP contribution >= 0.6 is 12.4 Å². The molecule has 0 aromatic heterocycles. The zero-order valence-electron chi connectivity index (χ0n) is 8.47. The molecule has 2 N–H and O–H groups in total. The van der Waals surface area contributed by atoms with Gasteiger partial charge < -0.3 is 20.1 Å². The Morgan fingerprint density at radius 3 is 2.80 bits per heavy atom. The third-order valence-electron chi connectivity index (χ3n) is 2.10. The van der Waals surface area contributed by atoms with Gasteiger partial charge in [0.05, 0.1) is 26.9 Å². The number of morpholine rings is 1. The average Bonchev–Trinajstić information content (AvgIpc) is 2.27. The Labute approximate surface area is 94.1 Å². The number of amides is 1. The van der Waals surface area contributed by atoms with Crippen LogP contribution in [0, 0.1) is 0 Å². The van der Waals surface area contributed by atoms with Crippen LogP contribution < -0.4 is 5.73 Å². The lowest BCUT2D eigenvalue weighted by molar-refractivity contribution is -0.160. The van der Waals surface area contributed by atoms with Crippen molar-refractivity contribution in [3.8, 4) is 0 Å². The highest BCUT2D eigenvalue weighted by molar-refractivity contribution is 5.86. The highest BCUT2D eigenvalue weighted by atomic mass is 35.5. The fourth-order valence-electron chi connectivity index (χ4n) is 1.35. The van der Waals surface area contributed by atoms with Crippen LogP contribution in [-0.4, -0.2) is 56.2 Å². The zero-order chi connectivity index (χ0) is 10.6. The molecule has 1 amide bonds. The Balaban J connectivity index is 0.00000196. The van der Waals surface area contributed by atoms with Gasteiger partial charge in [0, 0.05) is 6.54 Å². The average molecular weight is 239 g/mol. The Morgan fingerprint density at radius 1 is 1.60 bits per heavy atom. The molecule has 1 fully saturated rings. The molecule has 7 heteroatoms. The van der Waals surface area contributed by atoms with Crippen LogP contribution in [0.2, 0.25) is 0 Å². The van der Waals surface area contributed by atoms with Gasteiger partial charge in [-0.2, -0.15) is 0 Å². The molecule has 1 heterocycles. The van der Waals surface area contributed by atoms with E-state index in [-0.39, 0.29) is 31.5 Å². The lowest BCUT2D eigenvalue weighted by Crippen LogP contribution is -2.54. The number of hydrogen-bond donors (Lipinski definition) is 1. The molecule has 88 valence electrons. The summed E-state index contributed by atoms with van der Waals surface area (Å²) in [5, 5.41) is 0. The number of carbonyl (C=O) groups excluding carboxylic acids is 2. The standard InChI is InChI=1S/C8H14N2O4.ClH/c1-13-8(12)6-5-14-3-2-10(6)7(11)4-9;/h6H,2-5,9H2,1H3;1H/t6-;/m0./s1. The summed E-state index contributed by atoms with van der Waals surface area (Å²) in [5.41, 5.74) is 5.22. The summed E-state index contributed by atoms with van der Waals surface area (Å²) < 4.78 is 9.66. The van der Waals surface area contributed by atoms with Crippen molar-refractivity contribution in [2.45, 2.75) is 6.04 Å². The second kappa shape index (κ2) is 6.60. The van der Waals surface area contributed by atoms with E-state index in [0.717, 1.165) is 0 Å². The Kier molecular flexibility index (Phi) is 6.23. The summed E-state index contributed by atoms with van der Waals surface area (Å²) in [6.07, 6.45) is 0. The first-order chi connectivity index (χ1) is 6.70. The summed E-state index contributed by atoms with van der Waals surface area (Å²) in [7, 11) is 1.28. The second-order valence-corrected chi connectivity index (χ2v) is 2.91. The fourth-order valence-corrected chi connectivity index (χ4v) is 1.35. The first kappa shape index (κ1) is 14.2. The van der Waals surface area contributed by atoms with E-state index in [1.54, 1.807) is 0 Å². The number of esters is 1. The topological polar surface area (TPSA) is 81.9 Å². The van der Waals surface area contributed by atoms with E-state index in [4.69, 9.17) is 10.5 Å². The molecule has 0 aromatic carbocycles. The minimum absolute atomic E-state index is 0. The van der Waals surface area contributed by atoms with Gasteiger partial charge in [-0.15, -0.1) is 12.4 Å². The van der Waals surface area contributed by atoms with Gasteiger partial charge in [-0.1, -0.05) is 0 Å². The summed E-state index contributed by atoms with van der Waals surface area (Å²) in [5.74, 6) is -0.727. The van der Waals surface area contributed by atoms with Gasteiger partial charge in [-0.3, -0.25) is 4.79 Å².